The molecule has 1 fully saturated rings. The Bertz CT molecular complexity index is 859. The lowest BCUT2D eigenvalue weighted by atomic mass is 10.1. The van der Waals surface area contributed by atoms with Crippen molar-refractivity contribution in [3.05, 3.63) is 59.7 Å². The maximum Gasteiger partial charge on any atom is 0.253 e. The second kappa shape index (κ2) is 8.03. The SMILES string of the molecule is CN(C)C(=O)c1cccc(NC(=O)Cc2ccc(N3CCCC3=O)cc2)c1. The van der Waals surface area contributed by atoms with Gasteiger partial charge >= 0.3 is 0 Å². The normalized spacial score (nSPS) is 13.6. The lowest BCUT2D eigenvalue weighted by Crippen LogP contribution is -2.23. The summed E-state index contributed by atoms with van der Waals surface area (Å²) in [6.45, 7) is 0.751. The summed E-state index contributed by atoms with van der Waals surface area (Å²) in [5.74, 6) is -0.125. The van der Waals surface area contributed by atoms with Gasteiger partial charge in [-0.05, 0) is 42.3 Å². The lowest BCUT2D eigenvalue weighted by molar-refractivity contribution is -0.117. The van der Waals surface area contributed by atoms with E-state index in [0.717, 1.165) is 24.2 Å². The lowest BCUT2D eigenvalue weighted by Gasteiger charge is -2.16. The fourth-order valence-electron chi connectivity index (χ4n) is 3.09. The molecule has 0 saturated carbocycles. The van der Waals surface area contributed by atoms with Gasteiger partial charge in [-0.15, -0.1) is 0 Å². The maximum absolute atomic E-state index is 12.3. The van der Waals surface area contributed by atoms with E-state index in [-0.39, 0.29) is 24.1 Å². The van der Waals surface area contributed by atoms with E-state index in [1.54, 1.807) is 43.3 Å². The quantitative estimate of drug-likeness (QED) is 0.886. The summed E-state index contributed by atoms with van der Waals surface area (Å²) in [5, 5.41) is 2.83. The van der Waals surface area contributed by atoms with Gasteiger partial charge in [-0.3, -0.25) is 14.4 Å². The molecule has 0 atom stereocenters. The molecule has 0 aliphatic carbocycles. The molecule has 0 aromatic heterocycles. The monoisotopic (exact) mass is 365 g/mol. The van der Waals surface area contributed by atoms with Crippen molar-refractivity contribution in [3.63, 3.8) is 0 Å². The first-order valence-corrected chi connectivity index (χ1v) is 8.95. The number of hydrogen-bond acceptors (Lipinski definition) is 3. The smallest absolute Gasteiger partial charge is 0.253 e. The van der Waals surface area contributed by atoms with Crippen LogP contribution >= 0.6 is 0 Å². The van der Waals surface area contributed by atoms with E-state index in [0.29, 0.717) is 17.7 Å². The third-order valence-corrected chi connectivity index (χ3v) is 4.49. The zero-order valence-electron chi connectivity index (χ0n) is 15.6. The molecule has 0 spiro atoms. The van der Waals surface area contributed by atoms with E-state index in [1.807, 2.05) is 24.3 Å². The molecule has 1 N–H and O–H groups in total. The van der Waals surface area contributed by atoms with E-state index in [4.69, 9.17) is 0 Å². The summed E-state index contributed by atoms with van der Waals surface area (Å²) in [4.78, 5) is 39.4. The third-order valence-electron chi connectivity index (χ3n) is 4.49. The van der Waals surface area contributed by atoms with Gasteiger partial charge < -0.3 is 15.1 Å². The van der Waals surface area contributed by atoms with Crippen molar-refractivity contribution in [3.8, 4) is 0 Å². The number of nitrogens with zero attached hydrogens (tertiary/aromatic N) is 2. The molecule has 27 heavy (non-hydrogen) atoms. The minimum Gasteiger partial charge on any atom is -0.345 e. The third kappa shape index (κ3) is 4.53. The molecule has 0 unspecified atom stereocenters. The second-order valence-corrected chi connectivity index (χ2v) is 6.82. The molecule has 140 valence electrons. The Hall–Kier alpha value is -3.15. The first-order chi connectivity index (χ1) is 12.9. The number of hydrogen-bond donors (Lipinski definition) is 1. The first-order valence-electron chi connectivity index (χ1n) is 8.95. The molecule has 1 saturated heterocycles. The number of nitrogens with one attached hydrogen (secondary N) is 1. The second-order valence-electron chi connectivity index (χ2n) is 6.82. The standard InChI is InChI=1S/C21H23N3O3/c1-23(2)21(27)16-5-3-6-17(14-16)22-19(25)13-15-8-10-18(11-9-15)24-12-4-7-20(24)26/h3,5-6,8-11,14H,4,7,12-13H2,1-2H3,(H,22,25). The topological polar surface area (TPSA) is 69.7 Å². The van der Waals surface area contributed by atoms with Gasteiger partial charge in [-0.2, -0.15) is 0 Å². The summed E-state index contributed by atoms with van der Waals surface area (Å²) in [7, 11) is 3.37. The van der Waals surface area contributed by atoms with Crippen molar-refractivity contribution in [2.45, 2.75) is 19.3 Å². The molecule has 1 aliphatic rings. The molecular weight excluding hydrogens is 342 g/mol. The highest BCUT2D eigenvalue weighted by Crippen LogP contribution is 2.22. The zero-order chi connectivity index (χ0) is 19.4. The molecule has 0 bridgehead atoms. The molecule has 3 amide bonds. The van der Waals surface area contributed by atoms with Crippen LogP contribution in [0.2, 0.25) is 0 Å². The van der Waals surface area contributed by atoms with Crippen LogP contribution in [0, 0.1) is 0 Å². The van der Waals surface area contributed by atoms with Crippen molar-refractivity contribution < 1.29 is 14.4 Å². The van der Waals surface area contributed by atoms with Crippen LogP contribution in [-0.2, 0) is 16.0 Å². The predicted octanol–water partition coefficient (Wildman–Crippen LogP) is 2.70. The molecule has 1 aliphatic heterocycles. The van der Waals surface area contributed by atoms with E-state index in [1.165, 1.54) is 4.90 Å². The Kier molecular flexibility index (Phi) is 5.54. The van der Waals surface area contributed by atoms with Gasteiger partial charge in [0, 0.05) is 44.0 Å². The van der Waals surface area contributed by atoms with E-state index in [9.17, 15) is 14.4 Å². The van der Waals surface area contributed by atoms with E-state index < -0.39 is 0 Å². The molecule has 2 aromatic carbocycles. The molecule has 2 aromatic rings. The number of carbonyl (C=O) groups excluding carboxylic acids is 3. The Balaban J connectivity index is 1.62. The largest absolute Gasteiger partial charge is 0.345 e. The van der Waals surface area contributed by atoms with Crippen molar-refractivity contribution in [1.29, 1.82) is 0 Å². The predicted molar refractivity (Wildman–Crippen MR) is 105 cm³/mol. The molecule has 0 radical (unpaired) electrons. The fraction of sp³-hybridized carbons (Fsp3) is 0.286. The van der Waals surface area contributed by atoms with Crippen LogP contribution in [0.3, 0.4) is 0 Å². The van der Waals surface area contributed by atoms with Gasteiger partial charge in [0.1, 0.15) is 0 Å². The van der Waals surface area contributed by atoms with Gasteiger partial charge in [0.2, 0.25) is 11.8 Å². The van der Waals surface area contributed by atoms with Crippen LogP contribution in [0.1, 0.15) is 28.8 Å². The molecule has 6 heteroatoms. The zero-order valence-corrected chi connectivity index (χ0v) is 15.6. The maximum atomic E-state index is 12.3. The molecule has 1 heterocycles. The Morgan fingerprint density at radius 1 is 1.11 bits per heavy atom. The van der Waals surface area contributed by atoms with Crippen molar-refractivity contribution in [2.24, 2.45) is 0 Å². The van der Waals surface area contributed by atoms with Crippen LogP contribution in [0.15, 0.2) is 48.5 Å². The summed E-state index contributed by atoms with van der Waals surface area (Å²) in [5.41, 5.74) is 2.85. The van der Waals surface area contributed by atoms with Gasteiger partial charge in [0.25, 0.3) is 5.91 Å². The highest BCUT2D eigenvalue weighted by atomic mass is 16.2. The number of anilines is 2. The van der Waals surface area contributed by atoms with Crippen LogP contribution in [0.4, 0.5) is 11.4 Å². The number of carbonyl (C=O) groups is 3. The molecular formula is C21H23N3O3. The number of amides is 3. The Morgan fingerprint density at radius 3 is 2.48 bits per heavy atom. The van der Waals surface area contributed by atoms with Gasteiger partial charge in [-0.25, -0.2) is 0 Å². The van der Waals surface area contributed by atoms with Gasteiger partial charge in [0.05, 0.1) is 6.42 Å². The van der Waals surface area contributed by atoms with E-state index >= 15 is 0 Å². The summed E-state index contributed by atoms with van der Waals surface area (Å²) < 4.78 is 0. The van der Waals surface area contributed by atoms with Crippen molar-refractivity contribution in [1.82, 2.24) is 4.90 Å². The Morgan fingerprint density at radius 2 is 1.85 bits per heavy atom. The average Bonchev–Trinajstić information content (AvgIpc) is 3.07. The fourth-order valence-corrected chi connectivity index (χ4v) is 3.09. The van der Waals surface area contributed by atoms with Gasteiger partial charge in [-0.1, -0.05) is 18.2 Å². The first kappa shape index (κ1) is 18.6. The Labute approximate surface area is 158 Å². The van der Waals surface area contributed by atoms with Gasteiger partial charge in [0.15, 0.2) is 0 Å². The summed E-state index contributed by atoms with van der Waals surface area (Å²) in [6.07, 6.45) is 1.71. The number of benzene rings is 2. The van der Waals surface area contributed by atoms with Crippen LogP contribution in [0.25, 0.3) is 0 Å². The highest BCUT2D eigenvalue weighted by molar-refractivity contribution is 5.97. The minimum absolute atomic E-state index is 0.113. The summed E-state index contributed by atoms with van der Waals surface area (Å²) >= 11 is 0. The van der Waals surface area contributed by atoms with E-state index in [2.05, 4.69) is 5.32 Å². The van der Waals surface area contributed by atoms with Crippen molar-refractivity contribution >= 4 is 29.1 Å². The van der Waals surface area contributed by atoms with Crippen molar-refractivity contribution in [2.75, 3.05) is 30.9 Å². The number of rotatable bonds is 5. The average molecular weight is 365 g/mol. The van der Waals surface area contributed by atoms with Crippen LogP contribution in [-0.4, -0.2) is 43.3 Å². The van der Waals surface area contributed by atoms with Crippen LogP contribution in [0.5, 0.6) is 0 Å². The summed E-state index contributed by atoms with van der Waals surface area (Å²) in [6, 6.07) is 14.4. The van der Waals surface area contributed by atoms with Crippen LogP contribution < -0.4 is 10.2 Å². The molecule has 3 rings (SSSR count). The highest BCUT2D eigenvalue weighted by Gasteiger charge is 2.21. The minimum atomic E-state index is -0.158. The molecule has 6 nitrogen and oxygen atoms in total.